The molecule has 1 aliphatic carbocycles. The number of carbonyl (C=O) groups excluding carboxylic acids is 2. The largest absolute Gasteiger partial charge is 0.481 e. The van der Waals surface area contributed by atoms with E-state index in [1.54, 1.807) is 0 Å². The Hall–Kier alpha value is -3.47. The number of hydrogen-bond acceptors (Lipinski definition) is 7. The van der Waals surface area contributed by atoms with Crippen molar-refractivity contribution in [2.75, 3.05) is 26.4 Å². The third kappa shape index (κ3) is 5.53. The molecule has 182 valence electrons. The quantitative estimate of drug-likeness (QED) is 0.276. The molecule has 2 amide bonds. The zero-order valence-corrected chi connectivity index (χ0v) is 18.4. The van der Waals surface area contributed by atoms with E-state index in [-0.39, 0.29) is 18.9 Å². The molecule has 1 atom stereocenters. The summed E-state index contributed by atoms with van der Waals surface area (Å²) in [6, 6.07) is 14.3. The van der Waals surface area contributed by atoms with Crippen LogP contribution in [0.1, 0.15) is 29.9 Å². The topological polar surface area (TPSA) is 165 Å². The number of aliphatic carboxylic acids is 1. The van der Waals surface area contributed by atoms with Gasteiger partial charge in [-0.25, -0.2) is 4.79 Å². The molecule has 0 aliphatic heterocycles. The first-order valence-corrected chi connectivity index (χ1v) is 10.8. The Morgan fingerprint density at radius 1 is 0.912 bits per heavy atom. The van der Waals surface area contributed by atoms with Crippen LogP contribution in [0.5, 0.6) is 0 Å². The number of fused-ring (bicyclic) bond motifs is 3. The summed E-state index contributed by atoms with van der Waals surface area (Å²) in [4.78, 5) is 36.2. The van der Waals surface area contributed by atoms with Crippen LogP contribution in [0, 0.1) is 0 Å². The molecule has 10 nitrogen and oxygen atoms in total. The predicted molar refractivity (Wildman–Crippen MR) is 121 cm³/mol. The van der Waals surface area contributed by atoms with E-state index in [4.69, 9.17) is 9.84 Å². The zero-order chi connectivity index (χ0) is 24.7. The normalized spacial score (nSPS) is 13.5. The Balaban J connectivity index is 1.69. The van der Waals surface area contributed by atoms with Crippen molar-refractivity contribution in [3.8, 4) is 11.1 Å². The van der Waals surface area contributed by atoms with Crippen LogP contribution < -0.4 is 10.6 Å². The number of aliphatic hydroxyl groups excluding tert-OH is 3. The summed E-state index contributed by atoms with van der Waals surface area (Å²) in [7, 11) is 0. The summed E-state index contributed by atoms with van der Waals surface area (Å²) in [6.45, 7) is -2.28. The lowest BCUT2D eigenvalue weighted by Gasteiger charge is -2.30. The van der Waals surface area contributed by atoms with Crippen LogP contribution in [-0.2, 0) is 14.3 Å². The van der Waals surface area contributed by atoms with Crippen molar-refractivity contribution in [2.45, 2.75) is 30.3 Å². The van der Waals surface area contributed by atoms with Crippen LogP contribution in [0.25, 0.3) is 11.1 Å². The highest BCUT2D eigenvalue weighted by Crippen LogP contribution is 2.44. The first kappa shape index (κ1) is 25.2. The molecular weight excluding hydrogens is 444 g/mol. The van der Waals surface area contributed by atoms with E-state index in [0.717, 1.165) is 22.3 Å². The van der Waals surface area contributed by atoms with Crippen LogP contribution in [0.15, 0.2) is 48.5 Å². The van der Waals surface area contributed by atoms with Gasteiger partial charge in [0, 0.05) is 12.3 Å². The fraction of sp³-hybridized carbons (Fsp3) is 0.375. The third-order valence-corrected chi connectivity index (χ3v) is 5.90. The molecule has 0 bridgehead atoms. The number of benzene rings is 2. The first-order chi connectivity index (χ1) is 16.3. The maximum absolute atomic E-state index is 12.7. The monoisotopic (exact) mass is 472 g/mol. The number of rotatable bonds is 11. The molecule has 0 aromatic heterocycles. The summed E-state index contributed by atoms with van der Waals surface area (Å²) in [6.07, 6.45) is -1.61. The molecule has 1 aliphatic rings. The number of hydrogen-bond donors (Lipinski definition) is 6. The average molecular weight is 472 g/mol. The van der Waals surface area contributed by atoms with Gasteiger partial charge in [0.25, 0.3) is 0 Å². The van der Waals surface area contributed by atoms with Crippen molar-refractivity contribution < 1.29 is 39.5 Å². The molecule has 1 unspecified atom stereocenters. The molecule has 6 N–H and O–H groups in total. The maximum Gasteiger partial charge on any atom is 0.407 e. The minimum absolute atomic E-state index is 0.000979. The van der Waals surface area contributed by atoms with Crippen molar-refractivity contribution in [3.05, 3.63) is 59.7 Å². The fourth-order valence-corrected chi connectivity index (χ4v) is 3.94. The van der Waals surface area contributed by atoms with Gasteiger partial charge in [-0.3, -0.25) is 9.59 Å². The number of amides is 2. The molecule has 3 rings (SSSR count). The number of ether oxygens (including phenoxy) is 1. The molecule has 0 spiro atoms. The number of nitrogens with one attached hydrogen (secondary N) is 2. The molecule has 0 radical (unpaired) electrons. The summed E-state index contributed by atoms with van der Waals surface area (Å²) >= 11 is 0. The average Bonchev–Trinajstić information content (AvgIpc) is 3.17. The predicted octanol–water partition coefficient (Wildman–Crippen LogP) is 0.590. The molecule has 34 heavy (non-hydrogen) atoms. The highest BCUT2D eigenvalue weighted by atomic mass is 16.5. The van der Waals surface area contributed by atoms with E-state index >= 15 is 0 Å². The summed E-state index contributed by atoms with van der Waals surface area (Å²) in [5.41, 5.74) is 2.41. The summed E-state index contributed by atoms with van der Waals surface area (Å²) < 4.78 is 5.41. The maximum atomic E-state index is 12.7. The van der Waals surface area contributed by atoms with Crippen LogP contribution in [-0.4, -0.2) is 76.4 Å². The van der Waals surface area contributed by atoms with Gasteiger partial charge in [-0.15, -0.1) is 0 Å². The van der Waals surface area contributed by atoms with E-state index < -0.39 is 55.8 Å². The zero-order valence-electron chi connectivity index (χ0n) is 18.4. The lowest BCUT2D eigenvalue weighted by atomic mass is 9.98. The molecule has 0 heterocycles. The Morgan fingerprint density at radius 2 is 1.44 bits per heavy atom. The number of aliphatic hydroxyl groups is 3. The second-order valence-electron chi connectivity index (χ2n) is 8.20. The third-order valence-electron chi connectivity index (χ3n) is 5.90. The molecule has 2 aromatic carbocycles. The van der Waals surface area contributed by atoms with Gasteiger partial charge < -0.3 is 35.8 Å². The van der Waals surface area contributed by atoms with Crippen molar-refractivity contribution in [1.82, 2.24) is 10.6 Å². The number of carboxylic acid groups (broad SMARTS) is 1. The summed E-state index contributed by atoms with van der Waals surface area (Å²) in [5.74, 6) is -2.24. The molecule has 0 saturated heterocycles. The number of carboxylic acids is 1. The van der Waals surface area contributed by atoms with E-state index in [2.05, 4.69) is 10.6 Å². The van der Waals surface area contributed by atoms with Gasteiger partial charge in [0.1, 0.15) is 18.2 Å². The first-order valence-electron chi connectivity index (χ1n) is 10.8. The lowest BCUT2D eigenvalue weighted by molar-refractivity contribution is -0.137. The molecule has 0 saturated carbocycles. The Kier molecular flexibility index (Phi) is 8.21. The minimum atomic E-state index is -1.72. The minimum Gasteiger partial charge on any atom is -0.481 e. The van der Waals surface area contributed by atoms with E-state index in [1.165, 1.54) is 0 Å². The highest BCUT2D eigenvalue weighted by molar-refractivity contribution is 5.87. The SMILES string of the molecule is O=C(O)CCC(NC(=O)OCC1c2ccccc2-c2ccccc21)C(=O)NC(CO)(CO)CO. The van der Waals surface area contributed by atoms with Crippen LogP contribution in [0.4, 0.5) is 4.79 Å². The molecule has 10 heteroatoms. The Bertz CT molecular complexity index is 983. The van der Waals surface area contributed by atoms with Crippen molar-refractivity contribution in [1.29, 1.82) is 0 Å². The Labute approximate surface area is 196 Å². The second kappa shape index (κ2) is 11.1. The number of carbonyl (C=O) groups is 3. The van der Waals surface area contributed by atoms with Gasteiger partial charge in [-0.05, 0) is 28.7 Å². The van der Waals surface area contributed by atoms with Gasteiger partial charge >= 0.3 is 12.1 Å². The van der Waals surface area contributed by atoms with Gasteiger partial charge in [0.2, 0.25) is 5.91 Å². The van der Waals surface area contributed by atoms with Crippen LogP contribution >= 0.6 is 0 Å². The molecule has 2 aromatic rings. The van der Waals surface area contributed by atoms with Crippen molar-refractivity contribution in [3.63, 3.8) is 0 Å². The van der Waals surface area contributed by atoms with Gasteiger partial charge in [-0.1, -0.05) is 48.5 Å². The van der Waals surface area contributed by atoms with E-state index in [1.807, 2.05) is 48.5 Å². The van der Waals surface area contributed by atoms with Gasteiger partial charge in [0.15, 0.2) is 0 Å². The van der Waals surface area contributed by atoms with E-state index in [0.29, 0.717) is 0 Å². The smallest absolute Gasteiger partial charge is 0.407 e. The second-order valence-corrected chi connectivity index (χ2v) is 8.20. The van der Waals surface area contributed by atoms with Crippen LogP contribution in [0.2, 0.25) is 0 Å². The highest BCUT2D eigenvalue weighted by Gasteiger charge is 2.34. The van der Waals surface area contributed by atoms with Crippen molar-refractivity contribution >= 4 is 18.0 Å². The molecule has 0 fully saturated rings. The van der Waals surface area contributed by atoms with Gasteiger partial charge in [-0.2, -0.15) is 0 Å². The van der Waals surface area contributed by atoms with Gasteiger partial charge in [0.05, 0.1) is 19.8 Å². The number of alkyl carbamates (subject to hydrolysis) is 1. The van der Waals surface area contributed by atoms with Crippen molar-refractivity contribution in [2.24, 2.45) is 0 Å². The summed E-state index contributed by atoms with van der Waals surface area (Å²) in [5, 5.41) is 41.9. The lowest BCUT2D eigenvalue weighted by Crippen LogP contribution is -2.61. The standard InChI is InChI=1S/C24H28N2O8/c27-12-24(13-28,14-29)26-22(32)20(9-10-21(30)31)25-23(33)34-11-19-17-7-3-1-5-15(17)16-6-2-4-8-18(16)19/h1-8,19-20,27-29H,9-14H2,(H,25,33)(H,26,32)(H,30,31). The molecular formula is C24H28N2O8. The van der Waals surface area contributed by atoms with Crippen LogP contribution in [0.3, 0.4) is 0 Å². The Morgan fingerprint density at radius 3 is 1.94 bits per heavy atom. The fourth-order valence-electron chi connectivity index (χ4n) is 3.94. The van der Waals surface area contributed by atoms with E-state index in [9.17, 15) is 29.7 Å².